The number of hydrogen-bond acceptors (Lipinski definition) is 2. The molecule has 0 spiro atoms. The molecule has 0 saturated carbocycles. The quantitative estimate of drug-likeness (QED) is 0.775. The van der Waals surface area contributed by atoms with Crippen LogP contribution in [0.2, 0.25) is 0 Å². The van der Waals surface area contributed by atoms with Gasteiger partial charge in [0.2, 0.25) is 0 Å². The number of halogens is 1. The third-order valence-electron chi connectivity index (χ3n) is 2.43. The standard InChI is InChI=1S/C11H12FN3/c1-7-5-9(12)3-4-11(7)15-8(2)10(13)6-14-15/h3-6H,13H2,1-2H3. The maximum absolute atomic E-state index is 12.9. The van der Waals surface area contributed by atoms with Gasteiger partial charge in [0.15, 0.2) is 0 Å². The van der Waals surface area contributed by atoms with Crippen LogP contribution in [0, 0.1) is 19.7 Å². The summed E-state index contributed by atoms with van der Waals surface area (Å²) >= 11 is 0. The number of nitrogens with two attached hydrogens (primary N) is 1. The first-order valence-corrected chi connectivity index (χ1v) is 4.66. The van der Waals surface area contributed by atoms with Gasteiger partial charge in [-0.1, -0.05) is 0 Å². The minimum atomic E-state index is -0.242. The molecule has 0 amide bonds. The summed E-state index contributed by atoms with van der Waals surface area (Å²) in [5.74, 6) is -0.242. The van der Waals surface area contributed by atoms with Gasteiger partial charge in [0.25, 0.3) is 0 Å². The predicted molar refractivity (Wildman–Crippen MR) is 57.4 cm³/mol. The summed E-state index contributed by atoms with van der Waals surface area (Å²) in [6, 6.07) is 4.59. The Morgan fingerprint density at radius 1 is 1.33 bits per heavy atom. The van der Waals surface area contributed by atoms with Gasteiger partial charge < -0.3 is 5.73 Å². The molecule has 78 valence electrons. The zero-order valence-electron chi connectivity index (χ0n) is 8.66. The van der Waals surface area contributed by atoms with E-state index in [0.29, 0.717) is 5.69 Å². The van der Waals surface area contributed by atoms with Crippen molar-refractivity contribution >= 4 is 5.69 Å². The Kier molecular flexibility index (Phi) is 2.19. The predicted octanol–water partition coefficient (Wildman–Crippen LogP) is 2.21. The van der Waals surface area contributed by atoms with Crippen LogP contribution in [0.1, 0.15) is 11.3 Å². The summed E-state index contributed by atoms with van der Waals surface area (Å²) in [5.41, 5.74) is 8.89. The van der Waals surface area contributed by atoms with Gasteiger partial charge in [-0.2, -0.15) is 5.10 Å². The molecular formula is C11H12FN3. The molecule has 2 rings (SSSR count). The molecule has 15 heavy (non-hydrogen) atoms. The van der Waals surface area contributed by atoms with E-state index in [1.165, 1.54) is 12.1 Å². The van der Waals surface area contributed by atoms with Gasteiger partial charge >= 0.3 is 0 Å². The number of rotatable bonds is 1. The Morgan fingerprint density at radius 3 is 2.60 bits per heavy atom. The molecule has 1 aromatic heterocycles. The second-order valence-electron chi connectivity index (χ2n) is 3.53. The minimum absolute atomic E-state index is 0.242. The Hall–Kier alpha value is -1.84. The molecular weight excluding hydrogens is 193 g/mol. The van der Waals surface area contributed by atoms with E-state index in [9.17, 15) is 4.39 Å². The molecule has 2 aromatic rings. The number of aryl methyl sites for hydroxylation is 1. The first-order chi connectivity index (χ1) is 7.09. The monoisotopic (exact) mass is 205 g/mol. The van der Waals surface area contributed by atoms with E-state index in [4.69, 9.17) is 5.73 Å². The number of nitrogens with zero attached hydrogens (tertiary/aromatic N) is 2. The number of hydrogen-bond donors (Lipinski definition) is 1. The lowest BCUT2D eigenvalue weighted by atomic mass is 10.2. The van der Waals surface area contributed by atoms with Crippen molar-refractivity contribution in [2.24, 2.45) is 0 Å². The first kappa shape index (κ1) is 9.71. The summed E-state index contributed by atoms with van der Waals surface area (Å²) in [6.45, 7) is 3.72. The van der Waals surface area contributed by atoms with Crippen molar-refractivity contribution in [3.8, 4) is 5.69 Å². The largest absolute Gasteiger partial charge is 0.396 e. The maximum Gasteiger partial charge on any atom is 0.123 e. The van der Waals surface area contributed by atoms with Gasteiger partial charge in [-0.15, -0.1) is 0 Å². The molecule has 1 heterocycles. The number of aromatic nitrogens is 2. The van der Waals surface area contributed by atoms with Crippen LogP contribution in [0.3, 0.4) is 0 Å². The average molecular weight is 205 g/mol. The lowest BCUT2D eigenvalue weighted by molar-refractivity contribution is 0.625. The molecule has 0 radical (unpaired) electrons. The van der Waals surface area contributed by atoms with E-state index >= 15 is 0 Å². The van der Waals surface area contributed by atoms with Crippen LogP contribution in [0.5, 0.6) is 0 Å². The van der Waals surface area contributed by atoms with E-state index in [-0.39, 0.29) is 5.82 Å². The van der Waals surface area contributed by atoms with Crippen molar-refractivity contribution in [2.45, 2.75) is 13.8 Å². The normalized spacial score (nSPS) is 10.6. The molecule has 0 aliphatic heterocycles. The summed E-state index contributed by atoms with van der Waals surface area (Å²) in [6.07, 6.45) is 1.60. The summed E-state index contributed by atoms with van der Waals surface area (Å²) in [7, 11) is 0. The highest BCUT2D eigenvalue weighted by Crippen LogP contribution is 2.19. The molecule has 0 atom stereocenters. The van der Waals surface area contributed by atoms with Crippen LogP contribution in [0.25, 0.3) is 5.69 Å². The van der Waals surface area contributed by atoms with Crippen LogP contribution in [0.4, 0.5) is 10.1 Å². The van der Waals surface area contributed by atoms with Crippen molar-refractivity contribution in [2.75, 3.05) is 5.73 Å². The van der Waals surface area contributed by atoms with Gasteiger partial charge in [0.05, 0.1) is 23.3 Å². The number of nitrogen functional groups attached to an aromatic ring is 1. The fourth-order valence-corrected chi connectivity index (χ4v) is 1.52. The van der Waals surface area contributed by atoms with Crippen LogP contribution in [-0.2, 0) is 0 Å². The molecule has 0 unspecified atom stereocenters. The molecule has 0 aliphatic rings. The molecule has 3 nitrogen and oxygen atoms in total. The Balaban J connectivity index is 2.59. The van der Waals surface area contributed by atoms with Crippen molar-refractivity contribution in [1.82, 2.24) is 9.78 Å². The van der Waals surface area contributed by atoms with E-state index in [1.54, 1.807) is 16.9 Å². The average Bonchev–Trinajstić information content (AvgIpc) is 2.49. The molecule has 1 aromatic carbocycles. The fourth-order valence-electron chi connectivity index (χ4n) is 1.52. The second-order valence-corrected chi connectivity index (χ2v) is 3.53. The molecule has 0 aliphatic carbocycles. The van der Waals surface area contributed by atoms with Gasteiger partial charge in [0, 0.05) is 0 Å². The molecule has 0 saturated heterocycles. The van der Waals surface area contributed by atoms with Gasteiger partial charge in [-0.05, 0) is 37.6 Å². The Bertz CT molecular complexity index is 503. The lowest BCUT2D eigenvalue weighted by Crippen LogP contribution is -2.02. The minimum Gasteiger partial charge on any atom is -0.396 e. The van der Waals surface area contributed by atoms with Crippen LogP contribution in [0.15, 0.2) is 24.4 Å². The van der Waals surface area contributed by atoms with Crippen molar-refractivity contribution in [3.63, 3.8) is 0 Å². The maximum atomic E-state index is 12.9. The highest BCUT2D eigenvalue weighted by molar-refractivity contribution is 5.48. The molecule has 2 N–H and O–H groups in total. The summed E-state index contributed by atoms with van der Waals surface area (Å²) < 4.78 is 14.6. The molecule has 0 fully saturated rings. The highest BCUT2D eigenvalue weighted by atomic mass is 19.1. The van der Waals surface area contributed by atoms with E-state index in [2.05, 4.69) is 5.10 Å². The second kappa shape index (κ2) is 3.38. The summed E-state index contributed by atoms with van der Waals surface area (Å²) in [5, 5.41) is 4.15. The number of anilines is 1. The molecule has 4 heteroatoms. The SMILES string of the molecule is Cc1cc(F)ccc1-n1ncc(N)c1C. The van der Waals surface area contributed by atoms with E-state index < -0.39 is 0 Å². The van der Waals surface area contributed by atoms with Crippen LogP contribution < -0.4 is 5.73 Å². The van der Waals surface area contributed by atoms with E-state index in [0.717, 1.165) is 16.9 Å². The lowest BCUT2D eigenvalue weighted by Gasteiger charge is -2.07. The smallest absolute Gasteiger partial charge is 0.123 e. The first-order valence-electron chi connectivity index (χ1n) is 4.66. The Labute approximate surface area is 87.3 Å². The summed E-state index contributed by atoms with van der Waals surface area (Å²) in [4.78, 5) is 0. The van der Waals surface area contributed by atoms with E-state index in [1.807, 2.05) is 13.8 Å². The third kappa shape index (κ3) is 1.58. The van der Waals surface area contributed by atoms with Gasteiger partial charge in [0.1, 0.15) is 5.82 Å². The van der Waals surface area contributed by atoms with Crippen molar-refractivity contribution in [3.05, 3.63) is 41.5 Å². The van der Waals surface area contributed by atoms with Crippen molar-refractivity contribution < 1.29 is 4.39 Å². The molecule has 0 bridgehead atoms. The zero-order valence-corrected chi connectivity index (χ0v) is 8.66. The third-order valence-corrected chi connectivity index (χ3v) is 2.43. The van der Waals surface area contributed by atoms with Gasteiger partial charge in [-0.25, -0.2) is 9.07 Å². The fraction of sp³-hybridized carbons (Fsp3) is 0.182. The highest BCUT2D eigenvalue weighted by Gasteiger charge is 2.07. The van der Waals surface area contributed by atoms with Gasteiger partial charge in [-0.3, -0.25) is 0 Å². The van der Waals surface area contributed by atoms with Crippen LogP contribution >= 0.6 is 0 Å². The van der Waals surface area contributed by atoms with Crippen molar-refractivity contribution in [1.29, 1.82) is 0 Å². The number of benzene rings is 1. The van der Waals surface area contributed by atoms with Crippen LogP contribution in [-0.4, -0.2) is 9.78 Å². The Morgan fingerprint density at radius 2 is 2.07 bits per heavy atom. The zero-order chi connectivity index (χ0) is 11.0. The topological polar surface area (TPSA) is 43.8 Å².